The molecule has 2 N–H and O–H groups in total. The van der Waals surface area contributed by atoms with Crippen LogP contribution in [0.3, 0.4) is 0 Å². The number of hydrogen-bond acceptors (Lipinski definition) is 5. The zero-order valence-corrected chi connectivity index (χ0v) is 18.3. The summed E-state index contributed by atoms with van der Waals surface area (Å²) in [7, 11) is 1.32. The van der Waals surface area contributed by atoms with E-state index in [2.05, 4.69) is 10.3 Å². The number of hydrogen-bond donors (Lipinski definition) is 2. The fraction of sp³-hybridized carbons (Fsp3) is 0.565. The Labute approximate surface area is 181 Å². The molecule has 3 rings (SSSR count). The minimum atomic E-state index is -0.634. The van der Waals surface area contributed by atoms with Crippen molar-refractivity contribution in [3.63, 3.8) is 0 Å². The summed E-state index contributed by atoms with van der Waals surface area (Å²) in [6.07, 6.45) is 3.33. The van der Waals surface area contributed by atoms with Crippen LogP contribution in [-0.4, -0.2) is 34.6 Å². The summed E-state index contributed by atoms with van der Waals surface area (Å²) in [5.74, 6) is -0.336. The van der Waals surface area contributed by atoms with Crippen molar-refractivity contribution in [3.05, 3.63) is 45.1 Å². The zero-order valence-electron chi connectivity index (χ0n) is 18.3. The quantitative estimate of drug-likeness (QED) is 0.656. The molecule has 1 amide bonds. The second kappa shape index (κ2) is 9.94. The fourth-order valence-electron chi connectivity index (χ4n) is 4.35. The highest BCUT2D eigenvalue weighted by atomic mass is 16.5. The molecule has 1 aliphatic rings. The number of nitrogens with one attached hydrogen (secondary N) is 2. The van der Waals surface area contributed by atoms with Crippen molar-refractivity contribution >= 4 is 22.8 Å². The van der Waals surface area contributed by atoms with Gasteiger partial charge in [-0.05, 0) is 56.1 Å². The van der Waals surface area contributed by atoms with Gasteiger partial charge in [-0.15, -0.1) is 0 Å². The van der Waals surface area contributed by atoms with Crippen LogP contribution in [0, 0.1) is 17.8 Å². The largest absolute Gasteiger partial charge is 0.467 e. The predicted molar refractivity (Wildman–Crippen MR) is 118 cm³/mol. The van der Waals surface area contributed by atoms with Crippen LogP contribution < -0.4 is 16.6 Å². The van der Waals surface area contributed by atoms with E-state index in [1.54, 1.807) is 24.3 Å². The molecule has 1 heterocycles. The molecule has 1 aromatic heterocycles. The number of carbonyl (C=O) groups is 2. The minimum absolute atomic E-state index is 0.129. The number of H-pyrrole nitrogens is 1. The Morgan fingerprint density at radius 1 is 1.16 bits per heavy atom. The van der Waals surface area contributed by atoms with E-state index < -0.39 is 17.7 Å². The van der Waals surface area contributed by atoms with E-state index in [-0.39, 0.29) is 29.2 Å². The average Bonchev–Trinajstić information content (AvgIpc) is 2.75. The smallest absolute Gasteiger partial charge is 0.328 e. The van der Waals surface area contributed by atoms with Crippen LogP contribution in [0.2, 0.25) is 0 Å². The summed E-state index contributed by atoms with van der Waals surface area (Å²) in [5, 5.41) is 3.34. The molecule has 0 saturated heterocycles. The number of amides is 1. The molecule has 31 heavy (non-hydrogen) atoms. The SMILES string of the molecule is COC(=O)[C@@H](CC(C)C)NC(=O)C1CCC(Cn2c(=O)[nH]c3ccccc3c2=O)CC1. The van der Waals surface area contributed by atoms with Crippen LogP contribution >= 0.6 is 0 Å². The van der Waals surface area contributed by atoms with Crippen LogP contribution in [0.15, 0.2) is 33.9 Å². The first-order valence-electron chi connectivity index (χ1n) is 10.9. The number of aromatic amines is 1. The highest BCUT2D eigenvalue weighted by Crippen LogP contribution is 2.30. The zero-order chi connectivity index (χ0) is 22.5. The van der Waals surface area contributed by atoms with E-state index in [0.29, 0.717) is 36.7 Å². The van der Waals surface area contributed by atoms with Gasteiger partial charge in [0.25, 0.3) is 5.56 Å². The maximum absolute atomic E-state index is 12.7. The number of methoxy groups -OCH3 is 1. The topological polar surface area (TPSA) is 110 Å². The molecule has 0 bridgehead atoms. The maximum atomic E-state index is 12.7. The summed E-state index contributed by atoms with van der Waals surface area (Å²) in [5.41, 5.74) is -0.150. The normalized spacial score (nSPS) is 19.9. The second-order valence-corrected chi connectivity index (χ2v) is 8.82. The number of esters is 1. The van der Waals surface area contributed by atoms with Crippen LogP contribution in [0.25, 0.3) is 10.9 Å². The third-order valence-corrected chi connectivity index (χ3v) is 6.06. The lowest BCUT2D eigenvalue weighted by Gasteiger charge is -2.29. The fourth-order valence-corrected chi connectivity index (χ4v) is 4.35. The number of aromatic nitrogens is 2. The highest BCUT2D eigenvalue weighted by molar-refractivity contribution is 5.85. The lowest BCUT2D eigenvalue weighted by Crippen LogP contribution is -2.45. The van der Waals surface area contributed by atoms with Gasteiger partial charge in [-0.25, -0.2) is 9.59 Å². The van der Waals surface area contributed by atoms with Gasteiger partial charge >= 0.3 is 11.7 Å². The van der Waals surface area contributed by atoms with E-state index in [4.69, 9.17) is 4.74 Å². The van der Waals surface area contributed by atoms with E-state index in [1.165, 1.54) is 11.7 Å². The lowest BCUT2D eigenvalue weighted by molar-refractivity contribution is -0.146. The molecule has 0 aliphatic heterocycles. The van der Waals surface area contributed by atoms with Crippen molar-refractivity contribution in [2.24, 2.45) is 17.8 Å². The van der Waals surface area contributed by atoms with Crippen LogP contribution in [0.1, 0.15) is 46.0 Å². The van der Waals surface area contributed by atoms with Crippen molar-refractivity contribution < 1.29 is 14.3 Å². The molecule has 8 heteroatoms. The summed E-state index contributed by atoms with van der Waals surface area (Å²) in [6.45, 7) is 4.32. The Kier molecular flexibility index (Phi) is 7.30. The Bertz CT molecular complexity index is 1050. The van der Waals surface area contributed by atoms with Gasteiger partial charge in [-0.3, -0.25) is 14.2 Å². The van der Waals surface area contributed by atoms with E-state index in [9.17, 15) is 19.2 Å². The monoisotopic (exact) mass is 429 g/mol. The first-order chi connectivity index (χ1) is 14.8. The van der Waals surface area contributed by atoms with Crippen LogP contribution in [0.4, 0.5) is 0 Å². The molecular weight excluding hydrogens is 398 g/mol. The molecule has 0 unspecified atom stereocenters. The van der Waals surface area contributed by atoms with Gasteiger partial charge in [0.2, 0.25) is 5.91 Å². The Morgan fingerprint density at radius 3 is 2.48 bits per heavy atom. The highest BCUT2D eigenvalue weighted by Gasteiger charge is 2.30. The third kappa shape index (κ3) is 5.42. The molecule has 0 spiro atoms. The Hall–Kier alpha value is -2.90. The van der Waals surface area contributed by atoms with Gasteiger partial charge < -0.3 is 15.0 Å². The number of rotatable bonds is 7. The predicted octanol–water partition coefficient (Wildman–Crippen LogP) is 2.20. The van der Waals surface area contributed by atoms with Gasteiger partial charge in [0, 0.05) is 12.5 Å². The van der Waals surface area contributed by atoms with Gasteiger partial charge in [-0.1, -0.05) is 26.0 Å². The van der Waals surface area contributed by atoms with Gasteiger partial charge in [0.15, 0.2) is 0 Å². The first kappa shape index (κ1) is 22.8. The molecule has 8 nitrogen and oxygen atoms in total. The van der Waals surface area contributed by atoms with Crippen molar-refractivity contribution in [2.75, 3.05) is 7.11 Å². The molecule has 1 atom stereocenters. The molecular formula is C23H31N3O5. The molecule has 1 aliphatic carbocycles. The van der Waals surface area contributed by atoms with Crippen LogP contribution in [0.5, 0.6) is 0 Å². The summed E-state index contributed by atoms with van der Waals surface area (Å²) in [6, 6.07) is 6.34. The van der Waals surface area contributed by atoms with Gasteiger partial charge in [-0.2, -0.15) is 0 Å². The van der Waals surface area contributed by atoms with Gasteiger partial charge in [0.1, 0.15) is 6.04 Å². The Balaban J connectivity index is 1.61. The maximum Gasteiger partial charge on any atom is 0.328 e. The van der Waals surface area contributed by atoms with Gasteiger partial charge in [0.05, 0.1) is 18.0 Å². The van der Waals surface area contributed by atoms with Crippen LogP contribution in [-0.2, 0) is 20.9 Å². The third-order valence-electron chi connectivity index (χ3n) is 6.06. The first-order valence-corrected chi connectivity index (χ1v) is 10.9. The van der Waals surface area contributed by atoms with Crippen molar-refractivity contribution in [3.8, 4) is 0 Å². The Morgan fingerprint density at radius 2 is 1.84 bits per heavy atom. The average molecular weight is 430 g/mol. The molecule has 0 radical (unpaired) electrons. The molecule has 2 aromatic rings. The second-order valence-electron chi connectivity index (χ2n) is 8.82. The lowest BCUT2D eigenvalue weighted by atomic mass is 9.81. The molecule has 168 valence electrons. The molecule has 1 aromatic carbocycles. The summed E-state index contributed by atoms with van der Waals surface area (Å²) >= 11 is 0. The molecule has 1 saturated carbocycles. The number of ether oxygens (including phenoxy) is 1. The summed E-state index contributed by atoms with van der Waals surface area (Å²) in [4.78, 5) is 52.6. The van der Waals surface area contributed by atoms with E-state index >= 15 is 0 Å². The number of fused-ring (bicyclic) bond motifs is 1. The molecule has 1 fully saturated rings. The number of carbonyl (C=O) groups excluding carboxylic acids is 2. The number of nitrogens with zero attached hydrogens (tertiary/aromatic N) is 1. The number of para-hydroxylation sites is 1. The summed E-state index contributed by atoms with van der Waals surface area (Å²) < 4.78 is 6.09. The van der Waals surface area contributed by atoms with Crippen molar-refractivity contribution in [1.29, 1.82) is 0 Å². The minimum Gasteiger partial charge on any atom is -0.467 e. The standard InChI is InChI=1S/C23H31N3O5/c1-14(2)12-19(22(29)31-3)24-20(27)16-10-8-15(9-11-16)13-26-21(28)17-6-4-5-7-18(17)25-23(26)30/h4-7,14-16,19H,8-13H2,1-3H3,(H,24,27)(H,25,30)/t15?,16?,19-/m1/s1. The van der Waals surface area contributed by atoms with E-state index in [1.807, 2.05) is 13.8 Å². The van der Waals surface area contributed by atoms with Crippen molar-refractivity contribution in [1.82, 2.24) is 14.9 Å². The van der Waals surface area contributed by atoms with E-state index in [0.717, 1.165) is 12.8 Å². The van der Waals surface area contributed by atoms with Crippen molar-refractivity contribution in [2.45, 2.75) is 58.5 Å². The number of benzene rings is 1.